The van der Waals surface area contributed by atoms with E-state index < -0.39 is 28.2 Å². The Morgan fingerprint density at radius 2 is 2.12 bits per heavy atom. The number of benzene rings is 1. The molecule has 0 bridgehead atoms. The van der Waals surface area contributed by atoms with Gasteiger partial charge in [0.1, 0.15) is 0 Å². The SMILES string of the molecule is CC[C@H](C)NC(=O)C(=O)N/N=C\c1cc(OC)c(O)c([N+](=O)[O-])c1. The lowest BCUT2D eigenvalue weighted by atomic mass is 10.2. The molecule has 1 rings (SSSR count). The average Bonchev–Trinajstić information content (AvgIpc) is 2.55. The zero-order valence-corrected chi connectivity index (χ0v) is 13.4. The number of aromatic hydroxyl groups is 1. The maximum atomic E-state index is 11.5. The van der Waals surface area contributed by atoms with Crippen molar-refractivity contribution in [2.45, 2.75) is 26.3 Å². The van der Waals surface area contributed by atoms with Crippen molar-refractivity contribution in [1.29, 1.82) is 0 Å². The van der Waals surface area contributed by atoms with Crippen LogP contribution in [0.4, 0.5) is 5.69 Å². The Labute approximate surface area is 137 Å². The highest BCUT2D eigenvalue weighted by atomic mass is 16.6. The number of carbonyl (C=O) groups excluding carboxylic acids is 2. The van der Waals surface area contributed by atoms with Crippen LogP contribution in [-0.4, -0.2) is 41.2 Å². The van der Waals surface area contributed by atoms with Crippen molar-refractivity contribution in [3.05, 3.63) is 27.8 Å². The van der Waals surface area contributed by atoms with Gasteiger partial charge in [0.25, 0.3) is 0 Å². The maximum Gasteiger partial charge on any atom is 0.329 e. The normalized spacial score (nSPS) is 11.8. The van der Waals surface area contributed by atoms with Crippen LogP contribution in [0.15, 0.2) is 17.2 Å². The molecule has 130 valence electrons. The molecule has 10 nitrogen and oxygen atoms in total. The number of nitro benzene ring substituents is 1. The summed E-state index contributed by atoms with van der Waals surface area (Å²) in [6.45, 7) is 3.60. The minimum atomic E-state index is -0.966. The van der Waals surface area contributed by atoms with E-state index in [2.05, 4.69) is 10.4 Å². The van der Waals surface area contributed by atoms with Gasteiger partial charge in [0.05, 0.1) is 18.2 Å². The summed E-state index contributed by atoms with van der Waals surface area (Å²) < 4.78 is 4.83. The molecule has 0 heterocycles. The van der Waals surface area contributed by atoms with Crippen LogP contribution in [0.25, 0.3) is 0 Å². The van der Waals surface area contributed by atoms with Crippen LogP contribution in [0.3, 0.4) is 0 Å². The second-order valence-electron chi connectivity index (χ2n) is 4.83. The van der Waals surface area contributed by atoms with Gasteiger partial charge in [-0.05, 0) is 19.4 Å². The molecule has 1 atom stereocenters. The van der Waals surface area contributed by atoms with Crippen molar-refractivity contribution in [2.75, 3.05) is 7.11 Å². The first-order valence-corrected chi connectivity index (χ1v) is 6.99. The van der Waals surface area contributed by atoms with Crippen molar-refractivity contribution in [3.8, 4) is 11.5 Å². The molecule has 0 radical (unpaired) electrons. The monoisotopic (exact) mass is 338 g/mol. The third kappa shape index (κ3) is 4.93. The van der Waals surface area contributed by atoms with Gasteiger partial charge in [0.2, 0.25) is 5.75 Å². The van der Waals surface area contributed by atoms with Crippen LogP contribution in [-0.2, 0) is 9.59 Å². The lowest BCUT2D eigenvalue weighted by Gasteiger charge is -2.09. The number of hydrogen-bond acceptors (Lipinski definition) is 7. The molecule has 0 spiro atoms. The Bertz CT molecular complexity index is 673. The Morgan fingerprint density at radius 1 is 1.46 bits per heavy atom. The summed E-state index contributed by atoms with van der Waals surface area (Å²) in [6, 6.07) is 2.18. The van der Waals surface area contributed by atoms with E-state index in [0.717, 1.165) is 12.3 Å². The molecule has 2 amide bonds. The first-order chi connectivity index (χ1) is 11.3. The molecular formula is C14H18N4O6. The number of hydrazone groups is 1. The number of phenolic OH excluding ortho intramolecular Hbond substituents is 1. The molecule has 1 aromatic carbocycles. The van der Waals surface area contributed by atoms with E-state index in [1.54, 1.807) is 6.92 Å². The number of rotatable bonds is 6. The molecule has 3 N–H and O–H groups in total. The number of hydrogen-bond donors (Lipinski definition) is 3. The van der Waals surface area contributed by atoms with Crippen LogP contribution in [0.2, 0.25) is 0 Å². The van der Waals surface area contributed by atoms with Crippen LogP contribution in [0, 0.1) is 10.1 Å². The van der Waals surface area contributed by atoms with Crippen molar-refractivity contribution < 1.29 is 24.4 Å². The highest BCUT2D eigenvalue weighted by Crippen LogP contribution is 2.36. The predicted molar refractivity (Wildman–Crippen MR) is 84.9 cm³/mol. The first-order valence-electron chi connectivity index (χ1n) is 6.99. The van der Waals surface area contributed by atoms with E-state index in [1.807, 2.05) is 12.3 Å². The number of nitro groups is 1. The minimum absolute atomic E-state index is 0.119. The van der Waals surface area contributed by atoms with Crippen molar-refractivity contribution in [2.24, 2.45) is 5.10 Å². The molecule has 0 aliphatic heterocycles. The van der Waals surface area contributed by atoms with Crippen LogP contribution >= 0.6 is 0 Å². The Kier molecular flexibility index (Phi) is 6.65. The Balaban J connectivity index is 2.84. The fraction of sp³-hybridized carbons (Fsp3) is 0.357. The highest BCUT2D eigenvalue weighted by Gasteiger charge is 2.19. The van der Waals surface area contributed by atoms with Gasteiger partial charge < -0.3 is 15.2 Å². The number of nitrogens with one attached hydrogen (secondary N) is 2. The zero-order chi connectivity index (χ0) is 18.3. The van der Waals surface area contributed by atoms with E-state index in [1.165, 1.54) is 13.2 Å². The van der Waals surface area contributed by atoms with Gasteiger partial charge in [-0.3, -0.25) is 19.7 Å². The second kappa shape index (κ2) is 8.46. The third-order valence-corrected chi connectivity index (χ3v) is 3.07. The smallest absolute Gasteiger partial charge is 0.329 e. The van der Waals surface area contributed by atoms with Gasteiger partial charge in [-0.1, -0.05) is 6.92 Å². The summed E-state index contributed by atoms with van der Waals surface area (Å²) in [5.74, 6) is -2.54. The van der Waals surface area contributed by atoms with Crippen molar-refractivity contribution in [1.82, 2.24) is 10.7 Å². The van der Waals surface area contributed by atoms with Crippen molar-refractivity contribution in [3.63, 3.8) is 0 Å². The summed E-state index contributed by atoms with van der Waals surface area (Å²) in [7, 11) is 1.24. The zero-order valence-electron chi connectivity index (χ0n) is 13.4. The van der Waals surface area contributed by atoms with Gasteiger partial charge >= 0.3 is 17.5 Å². The molecule has 1 aromatic rings. The van der Waals surface area contributed by atoms with E-state index in [0.29, 0.717) is 6.42 Å². The molecule has 24 heavy (non-hydrogen) atoms. The van der Waals surface area contributed by atoms with Crippen LogP contribution in [0.5, 0.6) is 11.5 Å². The number of ether oxygens (including phenoxy) is 1. The standard InChI is InChI=1S/C14H18N4O6/c1-4-8(2)16-13(20)14(21)17-15-7-9-5-10(18(22)23)12(19)11(6-9)24-3/h5-8,19H,4H2,1-3H3,(H,16,20)(H,17,21)/b15-7-/t8-/m0/s1. The van der Waals surface area contributed by atoms with E-state index in [9.17, 15) is 24.8 Å². The van der Waals surface area contributed by atoms with Gasteiger partial charge in [0, 0.05) is 17.7 Å². The third-order valence-electron chi connectivity index (χ3n) is 3.07. The maximum absolute atomic E-state index is 11.5. The van der Waals surface area contributed by atoms with Crippen LogP contribution in [0.1, 0.15) is 25.8 Å². The lowest BCUT2D eigenvalue weighted by molar-refractivity contribution is -0.386. The first kappa shape index (κ1) is 18.9. The summed E-state index contributed by atoms with van der Waals surface area (Å²) in [6.07, 6.45) is 1.75. The fourth-order valence-corrected chi connectivity index (χ4v) is 1.59. The number of nitrogens with zero attached hydrogens (tertiary/aromatic N) is 2. The largest absolute Gasteiger partial charge is 0.500 e. The molecule has 0 saturated heterocycles. The van der Waals surface area contributed by atoms with E-state index in [-0.39, 0.29) is 17.4 Å². The summed E-state index contributed by atoms with van der Waals surface area (Å²) >= 11 is 0. The molecule has 0 aliphatic carbocycles. The Morgan fingerprint density at radius 3 is 2.67 bits per heavy atom. The van der Waals surface area contributed by atoms with Crippen molar-refractivity contribution >= 4 is 23.7 Å². The lowest BCUT2D eigenvalue weighted by Crippen LogP contribution is -2.41. The summed E-state index contributed by atoms with van der Waals surface area (Å²) in [4.78, 5) is 33.1. The fourth-order valence-electron chi connectivity index (χ4n) is 1.59. The summed E-state index contributed by atoms with van der Waals surface area (Å²) in [5, 5.41) is 26.5. The number of carbonyl (C=O) groups is 2. The number of methoxy groups -OCH3 is 1. The molecular weight excluding hydrogens is 320 g/mol. The van der Waals surface area contributed by atoms with Gasteiger partial charge in [-0.2, -0.15) is 5.10 Å². The molecule has 0 unspecified atom stereocenters. The second-order valence-corrected chi connectivity index (χ2v) is 4.83. The summed E-state index contributed by atoms with van der Waals surface area (Å²) in [5.41, 5.74) is 1.63. The predicted octanol–water partition coefficient (Wildman–Crippen LogP) is 0.674. The average molecular weight is 338 g/mol. The van der Waals surface area contributed by atoms with E-state index >= 15 is 0 Å². The van der Waals surface area contributed by atoms with Gasteiger partial charge in [-0.25, -0.2) is 5.43 Å². The topological polar surface area (TPSA) is 143 Å². The molecule has 0 fully saturated rings. The minimum Gasteiger partial charge on any atom is -0.500 e. The van der Waals surface area contributed by atoms with Gasteiger partial charge in [0.15, 0.2) is 5.75 Å². The quantitative estimate of drug-likeness (QED) is 0.301. The number of amides is 2. The van der Waals surface area contributed by atoms with Crippen LogP contribution < -0.4 is 15.5 Å². The molecule has 0 saturated carbocycles. The molecule has 0 aromatic heterocycles. The van der Waals surface area contributed by atoms with Gasteiger partial charge in [-0.15, -0.1) is 0 Å². The highest BCUT2D eigenvalue weighted by molar-refractivity contribution is 6.35. The molecule has 10 heteroatoms. The van der Waals surface area contributed by atoms with E-state index in [4.69, 9.17) is 4.74 Å². The molecule has 0 aliphatic rings. The number of phenols is 1. The Hall–Kier alpha value is -3.17.